The van der Waals surface area contributed by atoms with Crippen molar-refractivity contribution >= 4 is 11.6 Å². The maximum atomic E-state index is 13.2. The van der Waals surface area contributed by atoms with Gasteiger partial charge in [0.1, 0.15) is 5.65 Å². The first kappa shape index (κ1) is 21.2. The summed E-state index contributed by atoms with van der Waals surface area (Å²) in [5, 5.41) is 4.75. The number of hydrogen-bond acceptors (Lipinski definition) is 4. The summed E-state index contributed by atoms with van der Waals surface area (Å²) in [6.07, 6.45) is 4.52. The molecule has 0 spiro atoms. The van der Waals surface area contributed by atoms with Crippen molar-refractivity contribution in [3.05, 3.63) is 52.7 Å². The van der Waals surface area contributed by atoms with Crippen LogP contribution in [0.15, 0.2) is 24.4 Å². The van der Waals surface area contributed by atoms with Crippen LogP contribution in [-0.4, -0.2) is 61.1 Å². The van der Waals surface area contributed by atoms with Crippen LogP contribution in [0, 0.1) is 13.8 Å². The van der Waals surface area contributed by atoms with Crippen LogP contribution in [0.25, 0.3) is 5.65 Å². The van der Waals surface area contributed by atoms with Crippen LogP contribution >= 0.6 is 0 Å². The average molecular weight is 435 g/mol. The molecule has 0 N–H and O–H groups in total. The SMILES string of the molecule is Cc1ccn2c(CN3CCN(C(=O)c4cc(C5CC5)n(C(C)(C)C)n4)CC3)c(C)nc2c1. The van der Waals surface area contributed by atoms with Crippen molar-refractivity contribution in [2.24, 2.45) is 0 Å². The second kappa shape index (κ2) is 7.73. The number of imidazole rings is 1. The third-order valence-electron chi connectivity index (χ3n) is 6.70. The van der Waals surface area contributed by atoms with Gasteiger partial charge in [-0.2, -0.15) is 5.10 Å². The zero-order valence-electron chi connectivity index (χ0n) is 19.9. The summed E-state index contributed by atoms with van der Waals surface area (Å²) < 4.78 is 4.27. The minimum Gasteiger partial charge on any atom is -0.335 e. The summed E-state index contributed by atoms with van der Waals surface area (Å²) in [5.41, 5.74) is 6.25. The lowest BCUT2D eigenvalue weighted by Crippen LogP contribution is -2.48. The molecule has 1 aliphatic carbocycles. The van der Waals surface area contributed by atoms with E-state index in [1.807, 2.05) is 11.0 Å². The molecular weight excluding hydrogens is 400 g/mol. The Hall–Kier alpha value is -2.67. The Morgan fingerprint density at radius 1 is 1.09 bits per heavy atom. The van der Waals surface area contributed by atoms with Crippen LogP contribution in [-0.2, 0) is 12.1 Å². The zero-order chi connectivity index (χ0) is 22.6. The summed E-state index contributed by atoms with van der Waals surface area (Å²) in [7, 11) is 0. The highest BCUT2D eigenvalue weighted by atomic mass is 16.2. The van der Waals surface area contributed by atoms with Crippen LogP contribution in [0.5, 0.6) is 0 Å². The molecule has 1 amide bonds. The highest BCUT2D eigenvalue weighted by molar-refractivity contribution is 5.92. The third kappa shape index (κ3) is 3.94. The molecule has 170 valence electrons. The predicted molar refractivity (Wildman–Crippen MR) is 125 cm³/mol. The van der Waals surface area contributed by atoms with E-state index in [0.29, 0.717) is 11.6 Å². The van der Waals surface area contributed by atoms with E-state index in [0.717, 1.165) is 44.1 Å². The van der Waals surface area contributed by atoms with Crippen molar-refractivity contribution in [3.63, 3.8) is 0 Å². The standard InChI is InChI=1S/C25H34N6O/c1-17-8-9-30-22(18(2)26-23(30)14-17)16-28-10-12-29(13-11-28)24(32)20-15-21(19-6-7-19)31(27-20)25(3,4)5/h8-9,14-15,19H,6-7,10-13,16H2,1-5H3. The quantitative estimate of drug-likeness (QED) is 0.628. The first-order valence-corrected chi connectivity index (χ1v) is 11.8. The van der Waals surface area contributed by atoms with Crippen molar-refractivity contribution in [1.82, 2.24) is 29.0 Å². The Balaban J connectivity index is 1.26. The lowest BCUT2D eigenvalue weighted by atomic mass is 10.1. The second-order valence-electron chi connectivity index (χ2n) is 10.5. The first-order chi connectivity index (χ1) is 15.2. The highest BCUT2D eigenvalue weighted by Crippen LogP contribution is 2.41. The number of nitrogens with zero attached hydrogens (tertiary/aromatic N) is 6. The summed E-state index contributed by atoms with van der Waals surface area (Å²) in [5.74, 6) is 0.633. The predicted octanol–water partition coefficient (Wildman–Crippen LogP) is 3.74. The smallest absolute Gasteiger partial charge is 0.274 e. The maximum absolute atomic E-state index is 13.2. The number of rotatable bonds is 4. The molecule has 2 aliphatic rings. The van der Waals surface area contributed by atoms with Gasteiger partial charge in [-0.15, -0.1) is 0 Å². The van der Waals surface area contributed by atoms with Gasteiger partial charge in [-0.3, -0.25) is 14.4 Å². The van der Waals surface area contributed by atoms with Gasteiger partial charge in [0.2, 0.25) is 0 Å². The summed E-state index contributed by atoms with van der Waals surface area (Å²) >= 11 is 0. The molecular formula is C25H34N6O. The number of piperazine rings is 1. The Labute approximate surface area is 190 Å². The van der Waals surface area contributed by atoms with Gasteiger partial charge in [0, 0.05) is 50.5 Å². The molecule has 5 rings (SSSR count). The number of carbonyl (C=O) groups excluding carboxylic acids is 1. The van der Waals surface area contributed by atoms with Crippen LogP contribution in [0.4, 0.5) is 0 Å². The van der Waals surface area contributed by atoms with Crippen LogP contribution in [0.1, 0.15) is 72.7 Å². The van der Waals surface area contributed by atoms with Gasteiger partial charge in [0.05, 0.1) is 16.9 Å². The van der Waals surface area contributed by atoms with Gasteiger partial charge in [0.25, 0.3) is 5.91 Å². The Morgan fingerprint density at radius 3 is 2.47 bits per heavy atom. The molecule has 7 nitrogen and oxygen atoms in total. The van der Waals surface area contributed by atoms with E-state index in [9.17, 15) is 4.79 Å². The molecule has 3 aromatic rings. The van der Waals surface area contributed by atoms with E-state index >= 15 is 0 Å². The van der Waals surface area contributed by atoms with E-state index in [2.05, 4.69) is 66.9 Å². The van der Waals surface area contributed by atoms with Crippen molar-refractivity contribution < 1.29 is 4.79 Å². The molecule has 0 bridgehead atoms. The van der Waals surface area contributed by atoms with Crippen LogP contribution in [0.2, 0.25) is 0 Å². The van der Waals surface area contributed by atoms with E-state index in [-0.39, 0.29) is 11.4 Å². The normalized spacial score (nSPS) is 18.0. The van der Waals surface area contributed by atoms with Gasteiger partial charge in [-0.05, 0) is 71.2 Å². The largest absolute Gasteiger partial charge is 0.335 e. The number of aromatic nitrogens is 4. The lowest BCUT2D eigenvalue weighted by Gasteiger charge is -2.34. The molecule has 1 aliphatic heterocycles. The summed E-state index contributed by atoms with van der Waals surface area (Å²) in [6.45, 7) is 14.7. The molecule has 7 heteroatoms. The van der Waals surface area contributed by atoms with Gasteiger partial charge in [0.15, 0.2) is 5.69 Å². The molecule has 4 heterocycles. The van der Waals surface area contributed by atoms with E-state index in [4.69, 9.17) is 10.1 Å². The number of fused-ring (bicyclic) bond motifs is 1. The molecule has 0 radical (unpaired) electrons. The number of pyridine rings is 1. The minimum absolute atomic E-state index is 0.0657. The summed E-state index contributed by atoms with van der Waals surface area (Å²) in [4.78, 5) is 22.4. The fourth-order valence-electron chi connectivity index (χ4n) is 4.70. The monoisotopic (exact) mass is 434 g/mol. The van der Waals surface area contributed by atoms with E-state index < -0.39 is 0 Å². The van der Waals surface area contributed by atoms with Crippen molar-refractivity contribution in [2.45, 2.75) is 65.5 Å². The van der Waals surface area contributed by atoms with Crippen molar-refractivity contribution in [2.75, 3.05) is 26.2 Å². The van der Waals surface area contributed by atoms with Crippen LogP contribution in [0.3, 0.4) is 0 Å². The minimum atomic E-state index is -0.112. The van der Waals surface area contributed by atoms with Gasteiger partial charge >= 0.3 is 0 Å². The Bertz CT molecular complexity index is 1160. The number of carbonyl (C=O) groups is 1. The van der Waals surface area contributed by atoms with Crippen molar-refractivity contribution in [1.29, 1.82) is 0 Å². The molecule has 3 aromatic heterocycles. The van der Waals surface area contributed by atoms with Gasteiger partial charge in [-0.25, -0.2) is 4.98 Å². The Kier molecular flexibility index (Phi) is 5.12. The Morgan fingerprint density at radius 2 is 1.81 bits per heavy atom. The molecule has 0 aromatic carbocycles. The van der Waals surface area contributed by atoms with E-state index in [1.165, 1.54) is 29.8 Å². The fourth-order valence-corrected chi connectivity index (χ4v) is 4.70. The van der Waals surface area contributed by atoms with Crippen LogP contribution < -0.4 is 0 Å². The third-order valence-corrected chi connectivity index (χ3v) is 6.70. The molecule has 2 fully saturated rings. The molecule has 0 unspecified atom stereocenters. The van der Waals surface area contributed by atoms with Gasteiger partial charge in [-0.1, -0.05) is 0 Å². The molecule has 1 saturated heterocycles. The van der Waals surface area contributed by atoms with E-state index in [1.54, 1.807) is 0 Å². The number of aryl methyl sites for hydroxylation is 2. The number of hydrogen-bond donors (Lipinski definition) is 0. The molecule has 32 heavy (non-hydrogen) atoms. The topological polar surface area (TPSA) is 58.7 Å². The maximum Gasteiger partial charge on any atom is 0.274 e. The average Bonchev–Trinajstić information content (AvgIpc) is 3.41. The molecule has 0 atom stereocenters. The first-order valence-electron chi connectivity index (χ1n) is 11.8. The zero-order valence-corrected chi connectivity index (χ0v) is 19.9. The molecule has 1 saturated carbocycles. The lowest BCUT2D eigenvalue weighted by molar-refractivity contribution is 0.0619. The second-order valence-corrected chi connectivity index (χ2v) is 10.5. The number of amides is 1. The summed E-state index contributed by atoms with van der Waals surface area (Å²) in [6, 6.07) is 6.29. The fraction of sp³-hybridized carbons (Fsp3) is 0.560. The highest BCUT2D eigenvalue weighted by Gasteiger charge is 2.34. The van der Waals surface area contributed by atoms with Gasteiger partial charge < -0.3 is 9.30 Å². The van der Waals surface area contributed by atoms with Crippen molar-refractivity contribution in [3.8, 4) is 0 Å².